The highest BCUT2D eigenvalue weighted by atomic mass is 32.2. The molecule has 3 heterocycles. The van der Waals surface area contributed by atoms with Crippen LogP contribution in [0.15, 0.2) is 41.7 Å². The average molecular weight is 396 g/mol. The van der Waals surface area contributed by atoms with Gasteiger partial charge in [0.05, 0.1) is 23.8 Å². The third kappa shape index (κ3) is 4.05. The smallest absolute Gasteiger partial charge is 0.191 e. The van der Waals surface area contributed by atoms with Crippen LogP contribution in [0.3, 0.4) is 0 Å². The van der Waals surface area contributed by atoms with Gasteiger partial charge >= 0.3 is 0 Å². The van der Waals surface area contributed by atoms with E-state index in [0.29, 0.717) is 0 Å². The van der Waals surface area contributed by atoms with Gasteiger partial charge in [-0.1, -0.05) is 49.0 Å². The van der Waals surface area contributed by atoms with Crippen LogP contribution < -0.4 is 4.90 Å². The van der Waals surface area contributed by atoms with Crippen molar-refractivity contribution in [1.29, 1.82) is 0 Å². The zero-order valence-corrected chi connectivity index (χ0v) is 17.3. The van der Waals surface area contributed by atoms with Gasteiger partial charge in [-0.05, 0) is 31.2 Å². The molecule has 28 heavy (non-hydrogen) atoms. The third-order valence-electron chi connectivity index (χ3n) is 4.61. The summed E-state index contributed by atoms with van der Waals surface area (Å²) < 4.78 is 7.73. The van der Waals surface area contributed by atoms with Gasteiger partial charge in [0.2, 0.25) is 0 Å². The molecule has 146 valence electrons. The number of anilines is 1. The summed E-state index contributed by atoms with van der Waals surface area (Å²) in [5, 5.41) is 6.32. The highest BCUT2D eigenvalue weighted by Crippen LogP contribution is 2.29. The molecule has 0 bridgehead atoms. The van der Waals surface area contributed by atoms with Crippen LogP contribution in [0.25, 0.3) is 23.3 Å². The molecule has 1 aliphatic heterocycles. The molecule has 0 N–H and O–H groups in total. The first kappa shape index (κ1) is 19.0. The van der Waals surface area contributed by atoms with E-state index in [2.05, 4.69) is 42.9 Å². The minimum absolute atomic E-state index is 0.170. The van der Waals surface area contributed by atoms with Crippen LogP contribution in [0, 0.1) is 0 Å². The second-order valence-corrected chi connectivity index (χ2v) is 8.21. The highest BCUT2D eigenvalue weighted by molar-refractivity contribution is 7.99. The number of ether oxygens (including phenoxy) is 1. The maximum atomic E-state index is 5.90. The second-order valence-electron chi connectivity index (χ2n) is 6.98. The Bertz CT molecular complexity index is 962. The Kier molecular flexibility index (Phi) is 5.64. The standard InChI is InChI=1S/C21H25N5OS/c1-4-28-21-23-19(25-13-15(2)27-16(3)14-25)18-12-22-26(20(18)24-21)11-10-17-8-6-5-7-9-17/h5-12,15-16H,4,13-14H2,1-3H3/b11-10+. The first-order chi connectivity index (χ1) is 13.6. The molecule has 1 saturated heterocycles. The van der Waals surface area contributed by atoms with Gasteiger partial charge in [0, 0.05) is 19.3 Å². The summed E-state index contributed by atoms with van der Waals surface area (Å²) in [5.41, 5.74) is 1.96. The van der Waals surface area contributed by atoms with Crippen LogP contribution >= 0.6 is 11.8 Å². The minimum Gasteiger partial charge on any atom is -0.372 e. The highest BCUT2D eigenvalue weighted by Gasteiger charge is 2.26. The van der Waals surface area contributed by atoms with E-state index in [1.54, 1.807) is 11.8 Å². The molecule has 3 aromatic rings. The van der Waals surface area contributed by atoms with Gasteiger partial charge in [0.1, 0.15) is 5.82 Å². The summed E-state index contributed by atoms with van der Waals surface area (Å²) in [5.74, 6) is 1.87. The molecule has 0 aliphatic carbocycles. The molecule has 1 fully saturated rings. The lowest BCUT2D eigenvalue weighted by Crippen LogP contribution is -2.46. The Morgan fingerprint density at radius 3 is 2.61 bits per heavy atom. The molecule has 6 nitrogen and oxygen atoms in total. The van der Waals surface area contributed by atoms with Crippen LogP contribution in [0.4, 0.5) is 5.82 Å². The van der Waals surface area contributed by atoms with Crippen molar-refractivity contribution in [3.63, 3.8) is 0 Å². The van der Waals surface area contributed by atoms with Crippen LogP contribution in [0.2, 0.25) is 0 Å². The molecule has 7 heteroatoms. The van der Waals surface area contributed by atoms with Crippen molar-refractivity contribution in [2.45, 2.75) is 38.1 Å². The Morgan fingerprint density at radius 1 is 1.14 bits per heavy atom. The Morgan fingerprint density at radius 2 is 1.89 bits per heavy atom. The summed E-state index contributed by atoms with van der Waals surface area (Å²) in [6, 6.07) is 10.2. The molecule has 1 aromatic carbocycles. The van der Waals surface area contributed by atoms with Crippen molar-refractivity contribution >= 4 is 40.9 Å². The molecule has 4 rings (SSSR count). The third-order valence-corrected chi connectivity index (χ3v) is 5.34. The summed E-state index contributed by atoms with van der Waals surface area (Å²) in [7, 11) is 0. The summed E-state index contributed by atoms with van der Waals surface area (Å²) in [6.45, 7) is 7.96. The van der Waals surface area contributed by atoms with Crippen LogP contribution in [-0.4, -0.2) is 50.8 Å². The number of thioether (sulfide) groups is 1. The van der Waals surface area contributed by atoms with E-state index < -0.39 is 0 Å². The van der Waals surface area contributed by atoms with Crippen LogP contribution in [0.1, 0.15) is 26.3 Å². The number of fused-ring (bicyclic) bond motifs is 1. The van der Waals surface area contributed by atoms with Crippen molar-refractivity contribution in [2.24, 2.45) is 0 Å². The zero-order chi connectivity index (χ0) is 19.5. The number of hydrogen-bond donors (Lipinski definition) is 0. The molecule has 0 spiro atoms. The number of benzene rings is 1. The summed E-state index contributed by atoms with van der Waals surface area (Å²) >= 11 is 1.65. The zero-order valence-electron chi connectivity index (χ0n) is 16.4. The SMILES string of the molecule is CCSc1nc(N2CC(C)OC(C)C2)c2cnn(/C=C/c3ccccc3)c2n1. The van der Waals surface area contributed by atoms with E-state index in [0.717, 1.165) is 46.4 Å². The van der Waals surface area contributed by atoms with E-state index in [-0.39, 0.29) is 12.2 Å². The second kappa shape index (κ2) is 8.32. The van der Waals surface area contributed by atoms with E-state index in [4.69, 9.17) is 14.7 Å². The van der Waals surface area contributed by atoms with Crippen molar-refractivity contribution in [2.75, 3.05) is 23.7 Å². The normalized spacial score (nSPS) is 20.3. The fourth-order valence-corrected chi connectivity index (χ4v) is 4.07. The number of nitrogens with zero attached hydrogens (tertiary/aromatic N) is 5. The largest absolute Gasteiger partial charge is 0.372 e. The number of morpholine rings is 1. The minimum atomic E-state index is 0.170. The molecule has 0 radical (unpaired) electrons. The van der Waals surface area contributed by atoms with Gasteiger partial charge in [0.25, 0.3) is 0 Å². The molecule has 2 atom stereocenters. The maximum Gasteiger partial charge on any atom is 0.191 e. The molecular weight excluding hydrogens is 370 g/mol. The van der Waals surface area contributed by atoms with E-state index in [1.165, 1.54) is 0 Å². The Balaban J connectivity index is 1.75. The summed E-state index contributed by atoms with van der Waals surface area (Å²) in [6.07, 6.45) is 6.21. The van der Waals surface area contributed by atoms with Gasteiger partial charge in [0.15, 0.2) is 10.8 Å². The summed E-state index contributed by atoms with van der Waals surface area (Å²) in [4.78, 5) is 11.9. The quantitative estimate of drug-likeness (QED) is 0.477. The van der Waals surface area contributed by atoms with Crippen molar-refractivity contribution in [3.05, 3.63) is 42.1 Å². The molecular formula is C21H25N5OS. The van der Waals surface area contributed by atoms with Crippen molar-refractivity contribution in [1.82, 2.24) is 19.7 Å². The van der Waals surface area contributed by atoms with Gasteiger partial charge in [-0.2, -0.15) is 5.10 Å². The average Bonchev–Trinajstić information content (AvgIpc) is 3.09. The first-order valence-corrected chi connectivity index (χ1v) is 10.6. The molecule has 0 saturated carbocycles. The molecule has 1 aliphatic rings. The van der Waals surface area contributed by atoms with Gasteiger partial charge in [-0.3, -0.25) is 0 Å². The van der Waals surface area contributed by atoms with Gasteiger partial charge < -0.3 is 9.64 Å². The van der Waals surface area contributed by atoms with Crippen LogP contribution in [0.5, 0.6) is 0 Å². The number of hydrogen-bond acceptors (Lipinski definition) is 6. The fourth-order valence-electron chi connectivity index (χ4n) is 3.51. The lowest BCUT2D eigenvalue weighted by molar-refractivity contribution is -0.00540. The molecule has 2 unspecified atom stereocenters. The van der Waals surface area contributed by atoms with E-state index >= 15 is 0 Å². The first-order valence-electron chi connectivity index (χ1n) is 9.65. The number of rotatable bonds is 5. The lowest BCUT2D eigenvalue weighted by Gasteiger charge is -2.36. The lowest BCUT2D eigenvalue weighted by atomic mass is 10.2. The molecule has 2 aromatic heterocycles. The topological polar surface area (TPSA) is 56.1 Å². The predicted octanol–water partition coefficient (Wildman–Crippen LogP) is 4.18. The predicted molar refractivity (Wildman–Crippen MR) is 116 cm³/mol. The number of aromatic nitrogens is 4. The molecule has 0 amide bonds. The Hall–Kier alpha value is -2.38. The van der Waals surface area contributed by atoms with Crippen LogP contribution in [-0.2, 0) is 4.74 Å². The monoisotopic (exact) mass is 395 g/mol. The van der Waals surface area contributed by atoms with Gasteiger partial charge in [-0.25, -0.2) is 14.6 Å². The van der Waals surface area contributed by atoms with Crippen molar-refractivity contribution < 1.29 is 4.74 Å². The fraction of sp³-hybridized carbons (Fsp3) is 0.381. The van der Waals surface area contributed by atoms with Crippen molar-refractivity contribution in [3.8, 4) is 0 Å². The maximum absolute atomic E-state index is 5.90. The van der Waals surface area contributed by atoms with E-state index in [9.17, 15) is 0 Å². The Labute approximate surface area is 169 Å². The van der Waals surface area contributed by atoms with E-state index in [1.807, 2.05) is 41.4 Å². The van der Waals surface area contributed by atoms with Gasteiger partial charge in [-0.15, -0.1) is 0 Å².